The molecule has 2 rings (SSSR count). The first-order chi connectivity index (χ1) is 9.66. The summed E-state index contributed by atoms with van der Waals surface area (Å²) >= 11 is 1.85. The fourth-order valence-corrected chi connectivity index (χ4v) is 3.30. The zero-order chi connectivity index (χ0) is 14.4. The zero-order valence-corrected chi connectivity index (χ0v) is 12.1. The van der Waals surface area contributed by atoms with Crippen LogP contribution in [0.3, 0.4) is 0 Å². The maximum atomic E-state index is 12.3. The molecule has 20 heavy (non-hydrogen) atoms. The van der Waals surface area contributed by atoms with Crippen molar-refractivity contribution in [3.63, 3.8) is 0 Å². The van der Waals surface area contributed by atoms with Gasteiger partial charge in [-0.25, -0.2) is 0 Å². The molecule has 4 nitrogen and oxygen atoms in total. The lowest BCUT2D eigenvalue weighted by atomic mass is 9.92. The lowest BCUT2D eigenvalue weighted by Gasteiger charge is -2.28. The van der Waals surface area contributed by atoms with E-state index in [1.54, 1.807) is 0 Å². The van der Waals surface area contributed by atoms with E-state index in [2.05, 4.69) is 0 Å². The van der Waals surface area contributed by atoms with Crippen molar-refractivity contribution in [3.8, 4) is 0 Å². The summed E-state index contributed by atoms with van der Waals surface area (Å²) in [5.74, 6) is 0.915. The Kier molecular flexibility index (Phi) is 5.47. The van der Waals surface area contributed by atoms with Crippen LogP contribution in [-0.4, -0.2) is 46.5 Å². The van der Waals surface area contributed by atoms with Gasteiger partial charge in [0.1, 0.15) is 0 Å². The van der Waals surface area contributed by atoms with Crippen LogP contribution in [0.2, 0.25) is 0 Å². The average molecular weight is 293 g/mol. The molecule has 1 amide bonds. The van der Waals surface area contributed by atoms with E-state index in [1.165, 1.54) is 0 Å². The Labute approximate surface area is 123 Å². The Morgan fingerprint density at radius 3 is 2.40 bits per heavy atom. The molecule has 1 unspecified atom stereocenters. The Balaban J connectivity index is 2.03. The van der Waals surface area contributed by atoms with E-state index in [4.69, 9.17) is 5.11 Å². The molecule has 1 N–H and O–H groups in total. The van der Waals surface area contributed by atoms with Gasteiger partial charge in [-0.3, -0.25) is 9.59 Å². The number of carbonyl (C=O) groups is 2. The Bertz CT molecular complexity index is 457. The highest BCUT2D eigenvalue weighted by atomic mass is 32.2. The van der Waals surface area contributed by atoms with Crippen LogP contribution in [-0.2, 0) is 9.59 Å². The maximum Gasteiger partial charge on any atom is 0.303 e. The Hall–Kier alpha value is -1.49. The Morgan fingerprint density at radius 1 is 1.15 bits per heavy atom. The van der Waals surface area contributed by atoms with Crippen molar-refractivity contribution in [1.82, 2.24) is 4.90 Å². The molecule has 5 heteroatoms. The van der Waals surface area contributed by atoms with Gasteiger partial charge in [0.05, 0.1) is 6.42 Å². The number of amides is 1. The summed E-state index contributed by atoms with van der Waals surface area (Å²) in [5, 5.41) is 9.04. The number of aliphatic carboxylic acids is 1. The molecular formula is C15H19NO3S. The number of carbonyl (C=O) groups excluding carboxylic acids is 1. The third-order valence-corrected chi connectivity index (χ3v) is 4.42. The van der Waals surface area contributed by atoms with Gasteiger partial charge in [0.15, 0.2) is 0 Å². The summed E-state index contributed by atoms with van der Waals surface area (Å²) in [6.45, 7) is 1.55. The average Bonchev–Trinajstić information content (AvgIpc) is 2.48. The third kappa shape index (κ3) is 4.27. The molecule has 0 radical (unpaired) electrons. The second-order valence-corrected chi connectivity index (χ2v) is 6.13. The highest BCUT2D eigenvalue weighted by Crippen LogP contribution is 2.25. The van der Waals surface area contributed by atoms with E-state index in [1.807, 2.05) is 47.0 Å². The molecule has 0 spiro atoms. The molecule has 1 saturated heterocycles. The Morgan fingerprint density at radius 2 is 1.80 bits per heavy atom. The predicted molar refractivity (Wildman–Crippen MR) is 80.0 cm³/mol. The van der Waals surface area contributed by atoms with E-state index < -0.39 is 5.97 Å². The highest BCUT2D eigenvalue weighted by molar-refractivity contribution is 7.99. The van der Waals surface area contributed by atoms with Gasteiger partial charge < -0.3 is 10.0 Å². The molecule has 0 aliphatic carbocycles. The van der Waals surface area contributed by atoms with Crippen LogP contribution in [0.5, 0.6) is 0 Å². The molecule has 1 aliphatic rings. The van der Waals surface area contributed by atoms with Crippen LogP contribution in [0.4, 0.5) is 0 Å². The summed E-state index contributed by atoms with van der Waals surface area (Å²) in [6.07, 6.45) is 0.277. The summed E-state index contributed by atoms with van der Waals surface area (Å²) in [5.41, 5.74) is 0.926. The minimum Gasteiger partial charge on any atom is -0.481 e. The van der Waals surface area contributed by atoms with Gasteiger partial charge in [-0.05, 0) is 5.56 Å². The topological polar surface area (TPSA) is 57.6 Å². The lowest BCUT2D eigenvalue weighted by molar-refractivity contribution is -0.137. The molecule has 108 valence electrons. The molecule has 0 saturated carbocycles. The van der Waals surface area contributed by atoms with Gasteiger partial charge in [-0.15, -0.1) is 0 Å². The molecule has 0 aromatic heterocycles. The quantitative estimate of drug-likeness (QED) is 0.904. The van der Waals surface area contributed by atoms with Crippen molar-refractivity contribution in [2.24, 2.45) is 0 Å². The normalized spacial score (nSPS) is 16.7. The number of thioether (sulfide) groups is 1. The minimum atomic E-state index is -0.860. The molecular weight excluding hydrogens is 274 g/mol. The van der Waals surface area contributed by atoms with Crippen molar-refractivity contribution in [3.05, 3.63) is 35.9 Å². The molecule has 1 aromatic carbocycles. The largest absolute Gasteiger partial charge is 0.481 e. The monoisotopic (exact) mass is 293 g/mol. The van der Waals surface area contributed by atoms with Gasteiger partial charge in [0.2, 0.25) is 5.91 Å². The smallest absolute Gasteiger partial charge is 0.303 e. The first-order valence-electron chi connectivity index (χ1n) is 6.79. The molecule has 0 bridgehead atoms. The van der Waals surface area contributed by atoms with Crippen LogP contribution in [0.15, 0.2) is 30.3 Å². The number of nitrogens with zero attached hydrogens (tertiary/aromatic N) is 1. The van der Waals surface area contributed by atoms with Crippen molar-refractivity contribution in [2.45, 2.75) is 18.8 Å². The number of benzene rings is 1. The van der Waals surface area contributed by atoms with Gasteiger partial charge in [-0.2, -0.15) is 11.8 Å². The fraction of sp³-hybridized carbons (Fsp3) is 0.467. The SMILES string of the molecule is O=C(O)CC(CC(=O)N1CCSCC1)c1ccccc1. The summed E-state index contributed by atoms with van der Waals surface area (Å²) in [7, 11) is 0. The molecule has 1 aromatic rings. The van der Waals surface area contributed by atoms with Crippen LogP contribution in [0.1, 0.15) is 24.3 Å². The highest BCUT2D eigenvalue weighted by Gasteiger charge is 2.23. The van der Waals surface area contributed by atoms with E-state index in [9.17, 15) is 9.59 Å². The van der Waals surface area contributed by atoms with E-state index in [-0.39, 0.29) is 24.7 Å². The standard InChI is InChI=1S/C15H19NO3S/c17-14(16-6-8-20-9-7-16)10-13(11-15(18)19)12-4-2-1-3-5-12/h1-5,13H,6-11H2,(H,18,19). The summed E-state index contributed by atoms with van der Waals surface area (Å²) in [6, 6.07) is 9.45. The van der Waals surface area contributed by atoms with Gasteiger partial charge in [0.25, 0.3) is 0 Å². The number of rotatable bonds is 5. The van der Waals surface area contributed by atoms with Gasteiger partial charge >= 0.3 is 5.97 Å². The first-order valence-corrected chi connectivity index (χ1v) is 7.94. The summed E-state index contributed by atoms with van der Waals surface area (Å²) < 4.78 is 0. The van der Waals surface area contributed by atoms with E-state index >= 15 is 0 Å². The molecule has 1 aliphatic heterocycles. The van der Waals surface area contributed by atoms with Crippen LogP contribution < -0.4 is 0 Å². The molecule has 1 heterocycles. The molecule has 1 fully saturated rings. The lowest BCUT2D eigenvalue weighted by Crippen LogP contribution is -2.38. The fourth-order valence-electron chi connectivity index (χ4n) is 2.40. The van der Waals surface area contributed by atoms with Crippen molar-refractivity contribution >= 4 is 23.6 Å². The van der Waals surface area contributed by atoms with Gasteiger partial charge in [-0.1, -0.05) is 30.3 Å². The second kappa shape index (κ2) is 7.33. The van der Waals surface area contributed by atoms with Crippen LogP contribution in [0, 0.1) is 0 Å². The minimum absolute atomic E-state index is 0.00164. The summed E-state index contributed by atoms with van der Waals surface area (Å²) in [4.78, 5) is 25.2. The zero-order valence-electron chi connectivity index (χ0n) is 11.3. The predicted octanol–water partition coefficient (Wildman–Crippen LogP) is 2.21. The van der Waals surface area contributed by atoms with E-state index in [0.29, 0.717) is 0 Å². The number of carboxylic acids is 1. The van der Waals surface area contributed by atoms with Crippen molar-refractivity contribution in [2.75, 3.05) is 24.6 Å². The second-order valence-electron chi connectivity index (χ2n) is 4.90. The third-order valence-electron chi connectivity index (χ3n) is 3.48. The van der Waals surface area contributed by atoms with Crippen LogP contribution >= 0.6 is 11.8 Å². The van der Waals surface area contributed by atoms with Crippen molar-refractivity contribution in [1.29, 1.82) is 0 Å². The van der Waals surface area contributed by atoms with E-state index in [0.717, 1.165) is 30.2 Å². The maximum absolute atomic E-state index is 12.3. The van der Waals surface area contributed by atoms with Crippen LogP contribution in [0.25, 0.3) is 0 Å². The number of hydrogen-bond acceptors (Lipinski definition) is 3. The van der Waals surface area contributed by atoms with Gasteiger partial charge in [0, 0.05) is 36.9 Å². The number of carboxylic acid groups (broad SMARTS) is 1. The van der Waals surface area contributed by atoms with Crippen molar-refractivity contribution < 1.29 is 14.7 Å². The number of hydrogen-bond donors (Lipinski definition) is 1. The molecule has 1 atom stereocenters. The first kappa shape index (κ1) is 14.9.